The summed E-state index contributed by atoms with van der Waals surface area (Å²) in [7, 11) is 1.67. The average Bonchev–Trinajstić information content (AvgIpc) is 2.56. The lowest BCUT2D eigenvalue weighted by Crippen LogP contribution is -2.37. The van der Waals surface area contributed by atoms with Gasteiger partial charge >= 0.3 is 5.97 Å². The molecule has 2 aromatic carbocycles. The van der Waals surface area contributed by atoms with Crippen molar-refractivity contribution in [2.24, 2.45) is 0 Å². The average molecular weight is 311 g/mol. The van der Waals surface area contributed by atoms with Crippen LogP contribution in [0.3, 0.4) is 0 Å². The second-order valence-corrected chi connectivity index (χ2v) is 5.53. The number of rotatable bonds is 4. The van der Waals surface area contributed by atoms with Crippen LogP contribution < -0.4 is 4.90 Å². The van der Waals surface area contributed by atoms with Gasteiger partial charge in [-0.3, -0.25) is 4.79 Å². The molecule has 0 unspecified atom stereocenters. The zero-order chi connectivity index (χ0) is 17.0. The molecule has 0 aliphatic heterocycles. The van der Waals surface area contributed by atoms with E-state index in [2.05, 4.69) is 0 Å². The fourth-order valence-electron chi connectivity index (χ4n) is 2.30. The van der Waals surface area contributed by atoms with E-state index in [0.717, 1.165) is 16.8 Å². The van der Waals surface area contributed by atoms with E-state index in [1.165, 1.54) is 4.90 Å². The van der Waals surface area contributed by atoms with Gasteiger partial charge in [0.05, 0.1) is 5.56 Å². The minimum absolute atomic E-state index is 0.269. The van der Waals surface area contributed by atoms with Gasteiger partial charge in [0.2, 0.25) is 0 Å². The van der Waals surface area contributed by atoms with E-state index in [9.17, 15) is 9.59 Å². The summed E-state index contributed by atoms with van der Waals surface area (Å²) < 4.78 is 5.35. The fourth-order valence-corrected chi connectivity index (χ4v) is 2.30. The van der Waals surface area contributed by atoms with Crippen molar-refractivity contribution in [3.63, 3.8) is 0 Å². The van der Waals surface area contributed by atoms with Gasteiger partial charge in [-0.15, -0.1) is 0 Å². The lowest BCUT2D eigenvalue weighted by Gasteiger charge is -2.22. The van der Waals surface area contributed by atoms with Crippen LogP contribution in [0, 0.1) is 13.8 Å². The topological polar surface area (TPSA) is 46.6 Å². The van der Waals surface area contributed by atoms with Crippen LogP contribution in [0.5, 0.6) is 0 Å². The molecule has 23 heavy (non-hydrogen) atoms. The number of likely N-dealkylation sites (N-methyl/N-ethyl adjacent to an activating group) is 1. The summed E-state index contributed by atoms with van der Waals surface area (Å²) >= 11 is 0. The van der Waals surface area contributed by atoms with E-state index in [4.69, 9.17) is 4.74 Å². The quantitative estimate of drug-likeness (QED) is 0.812. The number of benzene rings is 2. The Balaban J connectivity index is 2.09. The summed E-state index contributed by atoms with van der Waals surface area (Å²) in [5.74, 6) is -0.747. The number of hydrogen-bond donors (Lipinski definition) is 0. The normalized spacial score (nSPS) is 11.7. The summed E-state index contributed by atoms with van der Waals surface area (Å²) in [6.07, 6.45) is -0.854. The first-order valence-corrected chi connectivity index (χ1v) is 7.51. The van der Waals surface area contributed by atoms with Crippen LogP contribution in [0.4, 0.5) is 5.69 Å². The van der Waals surface area contributed by atoms with Gasteiger partial charge in [0.15, 0.2) is 6.10 Å². The predicted octanol–water partition coefficient (Wildman–Crippen LogP) is 3.51. The predicted molar refractivity (Wildman–Crippen MR) is 90.6 cm³/mol. The molecule has 0 saturated carbocycles. The van der Waals surface area contributed by atoms with Crippen molar-refractivity contribution in [1.29, 1.82) is 0 Å². The number of hydrogen-bond acceptors (Lipinski definition) is 3. The molecule has 0 saturated heterocycles. The monoisotopic (exact) mass is 311 g/mol. The van der Waals surface area contributed by atoms with E-state index in [0.29, 0.717) is 5.56 Å². The summed E-state index contributed by atoms with van der Waals surface area (Å²) in [5.41, 5.74) is 3.13. The molecule has 0 bridgehead atoms. The number of carbonyl (C=O) groups excluding carboxylic acids is 2. The van der Waals surface area contributed by atoms with Gasteiger partial charge in [0, 0.05) is 12.7 Å². The van der Waals surface area contributed by atoms with Gasteiger partial charge in [0.1, 0.15) is 0 Å². The molecule has 0 radical (unpaired) electrons. The molecule has 0 heterocycles. The molecular formula is C19H21NO3. The molecular weight excluding hydrogens is 290 g/mol. The zero-order valence-corrected chi connectivity index (χ0v) is 13.9. The van der Waals surface area contributed by atoms with Crippen molar-refractivity contribution >= 4 is 17.6 Å². The number of carbonyl (C=O) groups is 2. The van der Waals surface area contributed by atoms with E-state index in [1.807, 2.05) is 56.3 Å². The SMILES string of the molecule is Cc1cccc(C(=O)O[C@H](C)C(=O)N(C)c2ccccc2)c1C. The van der Waals surface area contributed by atoms with Crippen LogP contribution in [0.2, 0.25) is 0 Å². The molecule has 1 atom stereocenters. The number of amides is 1. The maximum Gasteiger partial charge on any atom is 0.339 e. The van der Waals surface area contributed by atoms with Gasteiger partial charge in [-0.2, -0.15) is 0 Å². The Morgan fingerprint density at radius 3 is 2.30 bits per heavy atom. The summed E-state index contributed by atoms with van der Waals surface area (Å²) in [4.78, 5) is 26.2. The number of ether oxygens (including phenoxy) is 1. The van der Waals surface area contributed by atoms with Crippen LogP contribution in [0.25, 0.3) is 0 Å². The van der Waals surface area contributed by atoms with E-state index in [1.54, 1.807) is 20.0 Å². The van der Waals surface area contributed by atoms with E-state index in [-0.39, 0.29) is 5.91 Å². The molecule has 120 valence electrons. The molecule has 1 amide bonds. The second kappa shape index (κ2) is 7.09. The van der Waals surface area contributed by atoms with E-state index >= 15 is 0 Å². The number of esters is 1. The third kappa shape index (κ3) is 3.77. The molecule has 0 aromatic heterocycles. The molecule has 0 aliphatic rings. The van der Waals surface area contributed by atoms with Gasteiger partial charge in [0.25, 0.3) is 5.91 Å². The lowest BCUT2D eigenvalue weighted by molar-refractivity contribution is -0.126. The highest BCUT2D eigenvalue weighted by Crippen LogP contribution is 2.17. The first-order chi connectivity index (χ1) is 10.9. The minimum Gasteiger partial charge on any atom is -0.449 e. The molecule has 0 N–H and O–H groups in total. The van der Waals surface area contributed by atoms with Crippen molar-refractivity contribution in [3.8, 4) is 0 Å². The highest BCUT2D eigenvalue weighted by Gasteiger charge is 2.23. The molecule has 0 aliphatic carbocycles. The number of para-hydroxylation sites is 1. The van der Waals surface area contributed by atoms with Crippen molar-refractivity contribution in [2.45, 2.75) is 26.9 Å². The smallest absolute Gasteiger partial charge is 0.339 e. The van der Waals surface area contributed by atoms with Gasteiger partial charge in [-0.25, -0.2) is 4.79 Å². The molecule has 0 spiro atoms. The standard InChI is InChI=1S/C19H21NO3/c1-13-9-8-12-17(14(13)2)19(22)23-15(3)18(21)20(4)16-10-6-5-7-11-16/h5-12,15H,1-4H3/t15-/m1/s1. The van der Waals surface area contributed by atoms with Gasteiger partial charge < -0.3 is 9.64 Å². The van der Waals surface area contributed by atoms with Crippen molar-refractivity contribution in [1.82, 2.24) is 0 Å². The Morgan fingerprint density at radius 2 is 1.65 bits per heavy atom. The summed E-state index contributed by atoms with van der Waals surface area (Å²) in [5, 5.41) is 0. The maximum atomic E-state index is 12.4. The third-order valence-electron chi connectivity index (χ3n) is 3.93. The van der Waals surface area contributed by atoms with Crippen LogP contribution in [-0.4, -0.2) is 25.0 Å². The Kier molecular flexibility index (Phi) is 5.16. The van der Waals surface area contributed by atoms with Crippen LogP contribution in [-0.2, 0) is 9.53 Å². The van der Waals surface area contributed by atoms with Gasteiger partial charge in [-0.1, -0.05) is 30.3 Å². The Morgan fingerprint density at radius 1 is 1.00 bits per heavy atom. The molecule has 2 rings (SSSR count). The number of aryl methyl sites for hydroxylation is 1. The highest BCUT2D eigenvalue weighted by molar-refractivity contribution is 5.99. The van der Waals surface area contributed by atoms with Crippen LogP contribution in [0.1, 0.15) is 28.4 Å². The molecule has 4 nitrogen and oxygen atoms in total. The summed E-state index contributed by atoms with van der Waals surface area (Å²) in [6.45, 7) is 5.39. The van der Waals surface area contributed by atoms with Crippen molar-refractivity contribution in [3.05, 3.63) is 65.2 Å². The molecule has 2 aromatic rings. The molecule has 4 heteroatoms. The second-order valence-electron chi connectivity index (χ2n) is 5.53. The minimum atomic E-state index is -0.854. The lowest BCUT2D eigenvalue weighted by atomic mass is 10.0. The van der Waals surface area contributed by atoms with Gasteiger partial charge in [-0.05, 0) is 50.1 Å². The maximum absolute atomic E-state index is 12.4. The summed E-state index contributed by atoms with van der Waals surface area (Å²) in [6, 6.07) is 14.7. The third-order valence-corrected chi connectivity index (χ3v) is 3.93. The Hall–Kier alpha value is -2.62. The molecule has 0 fully saturated rings. The van der Waals surface area contributed by atoms with Crippen LogP contribution in [0.15, 0.2) is 48.5 Å². The Labute approximate surface area is 136 Å². The van der Waals surface area contributed by atoms with Crippen molar-refractivity contribution < 1.29 is 14.3 Å². The zero-order valence-electron chi connectivity index (χ0n) is 13.9. The number of nitrogens with zero attached hydrogens (tertiary/aromatic N) is 1. The van der Waals surface area contributed by atoms with Crippen LogP contribution >= 0.6 is 0 Å². The van der Waals surface area contributed by atoms with E-state index < -0.39 is 12.1 Å². The largest absolute Gasteiger partial charge is 0.449 e. The first kappa shape index (κ1) is 16.7. The fraction of sp³-hybridized carbons (Fsp3) is 0.263. The Bertz CT molecular complexity index is 710. The number of anilines is 1. The first-order valence-electron chi connectivity index (χ1n) is 7.51. The van der Waals surface area contributed by atoms with Crippen molar-refractivity contribution in [2.75, 3.05) is 11.9 Å². The highest BCUT2D eigenvalue weighted by atomic mass is 16.5.